The van der Waals surface area contributed by atoms with Gasteiger partial charge in [-0.1, -0.05) is 6.07 Å². The predicted octanol–water partition coefficient (Wildman–Crippen LogP) is 4.90. The van der Waals surface area contributed by atoms with Crippen LogP contribution in [0.1, 0.15) is 16.7 Å². The zero-order valence-electron chi connectivity index (χ0n) is 24.4. The molecule has 4 aromatic rings. The number of anilines is 2. The number of hydrogen-bond acceptors (Lipinski definition) is 10. The minimum absolute atomic E-state index is 0.613. The van der Waals surface area contributed by atoms with E-state index in [1.54, 1.807) is 42.7 Å². The Hall–Kier alpha value is -4.60. The second-order valence-electron chi connectivity index (χ2n) is 9.61. The minimum atomic E-state index is 0.613. The summed E-state index contributed by atoms with van der Waals surface area (Å²) in [4.78, 5) is 12.1. The van der Waals surface area contributed by atoms with Crippen molar-refractivity contribution in [3.8, 4) is 34.5 Å². The summed E-state index contributed by atoms with van der Waals surface area (Å²) in [5.41, 5.74) is 4.27. The first-order valence-electron chi connectivity index (χ1n) is 13.4. The van der Waals surface area contributed by atoms with Crippen LogP contribution in [0.5, 0.6) is 34.5 Å². The summed E-state index contributed by atoms with van der Waals surface area (Å²) < 4.78 is 33.1. The molecule has 5 rings (SSSR count). The van der Waals surface area contributed by atoms with Crippen LogP contribution in [0, 0.1) is 0 Å². The first kappa shape index (κ1) is 27.9. The van der Waals surface area contributed by atoms with Crippen molar-refractivity contribution in [3.05, 3.63) is 59.2 Å². The van der Waals surface area contributed by atoms with Crippen LogP contribution in [-0.2, 0) is 19.4 Å². The topological polar surface area (TPSA) is 96.4 Å². The van der Waals surface area contributed by atoms with Crippen molar-refractivity contribution in [3.63, 3.8) is 0 Å². The Balaban J connectivity index is 1.46. The predicted molar refractivity (Wildman–Crippen MR) is 159 cm³/mol. The Morgan fingerprint density at radius 2 is 1.29 bits per heavy atom. The molecule has 41 heavy (non-hydrogen) atoms. The van der Waals surface area contributed by atoms with Gasteiger partial charge >= 0.3 is 0 Å². The smallest absolute Gasteiger partial charge is 0.228 e. The Bertz CT molecular complexity index is 1540. The molecule has 0 unspecified atom stereocenters. The first-order valence-corrected chi connectivity index (χ1v) is 13.4. The van der Waals surface area contributed by atoms with Crippen LogP contribution in [0.3, 0.4) is 0 Å². The number of methoxy groups -OCH3 is 6. The highest BCUT2D eigenvalue weighted by Crippen LogP contribution is 2.37. The highest BCUT2D eigenvalue weighted by atomic mass is 16.5. The molecular formula is C31H36N4O6. The normalized spacial score (nSPS) is 12.5. The lowest BCUT2D eigenvalue weighted by Crippen LogP contribution is -2.32. The molecule has 0 spiro atoms. The highest BCUT2D eigenvalue weighted by Gasteiger charge is 2.23. The number of nitrogens with zero attached hydrogens (tertiary/aromatic N) is 3. The van der Waals surface area contributed by atoms with E-state index in [4.69, 9.17) is 38.4 Å². The van der Waals surface area contributed by atoms with E-state index in [1.807, 2.05) is 36.4 Å². The maximum absolute atomic E-state index is 5.58. The third-order valence-corrected chi connectivity index (χ3v) is 7.34. The van der Waals surface area contributed by atoms with Crippen molar-refractivity contribution in [2.75, 3.05) is 66.0 Å². The molecule has 2 heterocycles. The lowest BCUT2D eigenvalue weighted by molar-refractivity contribution is 0.353. The van der Waals surface area contributed by atoms with Gasteiger partial charge in [-0.2, -0.15) is 4.98 Å². The maximum Gasteiger partial charge on any atom is 0.228 e. The van der Waals surface area contributed by atoms with Crippen molar-refractivity contribution in [1.82, 2.24) is 9.97 Å². The van der Waals surface area contributed by atoms with Gasteiger partial charge in [0.25, 0.3) is 0 Å². The van der Waals surface area contributed by atoms with Crippen molar-refractivity contribution < 1.29 is 28.4 Å². The van der Waals surface area contributed by atoms with Gasteiger partial charge in [-0.3, -0.25) is 0 Å². The van der Waals surface area contributed by atoms with Crippen molar-refractivity contribution in [2.45, 2.75) is 19.4 Å². The molecular weight excluding hydrogens is 524 g/mol. The van der Waals surface area contributed by atoms with E-state index in [9.17, 15) is 0 Å². The van der Waals surface area contributed by atoms with Gasteiger partial charge in [0.2, 0.25) is 5.95 Å². The number of rotatable bonds is 11. The molecule has 216 valence electrons. The van der Waals surface area contributed by atoms with Gasteiger partial charge < -0.3 is 38.6 Å². The largest absolute Gasteiger partial charge is 0.493 e. The highest BCUT2D eigenvalue weighted by molar-refractivity contribution is 5.92. The average molecular weight is 561 g/mol. The standard InChI is InChI=1S/C31H36N4O6/c1-36-24-8-7-19(13-25(24)37-2)9-11-32-30-22-16-28(40-5)29(41-6)17-23(22)33-31(34-30)35-12-10-20-14-26(38-3)27(39-4)15-21(20)18-35/h7-8,13-17H,9-12,18H2,1-6H3,(H,32,33,34). The Kier molecular flexibility index (Phi) is 8.37. The van der Waals surface area contributed by atoms with E-state index in [0.29, 0.717) is 47.8 Å². The molecule has 0 atom stereocenters. The van der Waals surface area contributed by atoms with Gasteiger partial charge in [0.15, 0.2) is 34.5 Å². The summed E-state index contributed by atoms with van der Waals surface area (Å²) in [6.45, 7) is 2.07. The van der Waals surface area contributed by atoms with Crippen LogP contribution in [0.2, 0.25) is 0 Å². The number of benzene rings is 3. The molecule has 3 aromatic carbocycles. The Labute approximate surface area is 240 Å². The van der Waals surface area contributed by atoms with Crippen molar-refractivity contribution >= 4 is 22.7 Å². The molecule has 1 N–H and O–H groups in total. The van der Waals surface area contributed by atoms with Gasteiger partial charge in [-0.25, -0.2) is 4.98 Å². The molecule has 1 aliphatic rings. The van der Waals surface area contributed by atoms with E-state index in [2.05, 4.69) is 16.3 Å². The number of hydrogen-bond donors (Lipinski definition) is 1. The molecule has 10 heteroatoms. The maximum atomic E-state index is 5.58. The fourth-order valence-electron chi connectivity index (χ4n) is 5.13. The monoisotopic (exact) mass is 560 g/mol. The average Bonchev–Trinajstić information content (AvgIpc) is 3.02. The van der Waals surface area contributed by atoms with Crippen LogP contribution < -0.4 is 38.6 Å². The van der Waals surface area contributed by atoms with Gasteiger partial charge in [0.1, 0.15) is 5.82 Å². The molecule has 0 fully saturated rings. The molecule has 0 bridgehead atoms. The summed E-state index contributed by atoms with van der Waals surface area (Å²) >= 11 is 0. The van der Waals surface area contributed by atoms with E-state index in [-0.39, 0.29) is 0 Å². The molecule has 10 nitrogen and oxygen atoms in total. The van der Waals surface area contributed by atoms with E-state index in [1.165, 1.54) is 5.56 Å². The van der Waals surface area contributed by atoms with Crippen LogP contribution in [-0.4, -0.2) is 65.7 Å². The molecule has 0 amide bonds. The molecule has 0 radical (unpaired) electrons. The zero-order chi connectivity index (χ0) is 28.9. The molecule has 0 saturated heterocycles. The molecule has 1 aliphatic heterocycles. The summed E-state index contributed by atoms with van der Waals surface area (Å²) in [5.74, 6) is 5.45. The van der Waals surface area contributed by atoms with Gasteiger partial charge in [0.05, 0.1) is 48.2 Å². The Morgan fingerprint density at radius 3 is 1.98 bits per heavy atom. The van der Waals surface area contributed by atoms with E-state index in [0.717, 1.165) is 53.0 Å². The lowest BCUT2D eigenvalue weighted by atomic mass is 9.99. The number of ether oxygens (including phenoxy) is 6. The van der Waals surface area contributed by atoms with Gasteiger partial charge in [-0.05, 0) is 59.9 Å². The Morgan fingerprint density at radius 1 is 0.683 bits per heavy atom. The van der Waals surface area contributed by atoms with E-state index >= 15 is 0 Å². The van der Waals surface area contributed by atoms with Gasteiger partial charge in [-0.15, -0.1) is 0 Å². The SMILES string of the molecule is COc1ccc(CCNc2nc(N3CCc4cc(OC)c(OC)cc4C3)nc3cc(OC)c(OC)cc23)cc1OC. The molecule has 0 aliphatic carbocycles. The summed E-state index contributed by atoms with van der Waals surface area (Å²) in [5, 5.41) is 4.39. The second-order valence-corrected chi connectivity index (χ2v) is 9.61. The fraction of sp³-hybridized carbons (Fsp3) is 0.355. The third kappa shape index (κ3) is 5.68. The first-order chi connectivity index (χ1) is 20.0. The second kappa shape index (κ2) is 12.3. The van der Waals surface area contributed by atoms with Crippen molar-refractivity contribution in [1.29, 1.82) is 0 Å². The zero-order valence-corrected chi connectivity index (χ0v) is 24.4. The lowest BCUT2D eigenvalue weighted by Gasteiger charge is -2.30. The summed E-state index contributed by atoms with van der Waals surface area (Å²) in [6.07, 6.45) is 1.60. The van der Waals surface area contributed by atoms with E-state index < -0.39 is 0 Å². The van der Waals surface area contributed by atoms with Crippen LogP contribution in [0.25, 0.3) is 10.9 Å². The van der Waals surface area contributed by atoms with Crippen LogP contribution in [0.15, 0.2) is 42.5 Å². The van der Waals surface area contributed by atoms with Crippen molar-refractivity contribution in [2.24, 2.45) is 0 Å². The minimum Gasteiger partial charge on any atom is -0.493 e. The summed E-state index contributed by atoms with van der Waals surface area (Å²) in [6, 6.07) is 13.9. The fourth-order valence-corrected chi connectivity index (χ4v) is 5.13. The van der Waals surface area contributed by atoms with Gasteiger partial charge in [0, 0.05) is 31.1 Å². The molecule has 1 aromatic heterocycles. The third-order valence-electron chi connectivity index (χ3n) is 7.34. The van der Waals surface area contributed by atoms with Crippen LogP contribution in [0.4, 0.5) is 11.8 Å². The van der Waals surface area contributed by atoms with Crippen LogP contribution >= 0.6 is 0 Å². The quantitative estimate of drug-likeness (QED) is 0.273. The number of fused-ring (bicyclic) bond motifs is 2. The number of nitrogens with one attached hydrogen (secondary N) is 1. The number of aromatic nitrogens is 2. The summed E-state index contributed by atoms with van der Waals surface area (Å²) in [7, 11) is 9.83. The molecule has 0 saturated carbocycles.